The van der Waals surface area contributed by atoms with Crippen LogP contribution in [0.4, 0.5) is 8.78 Å². The van der Waals surface area contributed by atoms with Crippen LogP contribution < -0.4 is 5.73 Å². The van der Waals surface area contributed by atoms with Gasteiger partial charge in [-0.25, -0.2) is 8.78 Å². The first kappa shape index (κ1) is 10.6. The number of hydrogen-bond acceptors (Lipinski definition) is 3. The van der Waals surface area contributed by atoms with Crippen LogP contribution in [0.2, 0.25) is 0 Å². The lowest BCUT2D eigenvalue weighted by Crippen LogP contribution is -2.03. The van der Waals surface area contributed by atoms with Crippen molar-refractivity contribution in [3.63, 3.8) is 0 Å². The van der Waals surface area contributed by atoms with Gasteiger partial charge >= 0.3 is 0 Å². The molecular weight excluding hydrogens is 293 g/mol. The molecule has 3 nitrogen and oxygen atoms in total. The Hall–Kier alpha value is -0.500. The molecule has 0 bridgehead atoms. The van der Waals surface area contributed by atoms with Gasteiger partial charge < -0.3 is 10.8 Å². The molecule has 0 radical (unpaired) electrons. The van der Waals surface area contributed by atoms with Gasteiger partial charge in [0.15, 0.2) is 0 Å². The van der Waals surface area contributed by atoms with Gasteiger partial charge in [0, 0.05) is 21.9 Å². The van der Waals surface area contributed by atoms with E-state index in [4.69, 9.17) is 5.73 Å². The highest BCUT2D eigenvalue weighted by Gasteiger charge is 2.18. The fraction of sp³-hybridized carbons (Fsp3) is 0.286. The van der Waals surface area contributed by atoms with Crippen molar-refractivity contribution >= 4 is 22.6 Å². The second kappa shape index (κ2) is 4.14. The van der Waals surface area contributed by atoms with Gasteiger partial charge in [-0.15, -0.1) is 0 Å². The number of alkyl halides is 2. The van der Waals surface area contributed by atoms with Crippen LogP contribution in [0, 0.1) is 3.57 Å². The predicted octanol–water partition coefficient (Wildman–Crippen LogP) is 1.79. The number of hydrogen-bond donors (Lipinski definition) is 2. The van der Waals surface area contributed by atoms with Crippen molar-refractivity contribution < 1.29 is 13.9 Å². The lowest BCUT2D eigenvalue weighted by Gasteiger charge is -2.08. The van der Waals surface area contributed by atoms with Crippen LogP contribution in [-0.2, 0) is 6.54 Å². The Morgan fingerprint density at radius 3 is 2.69 bits per heavy atom. The summed E-state index contributed by atoms with van der Waals surface area (Å²) in [6, 6.07) is 0. The van der Waals surface area contributed by atoms with E-state index in [1.54, 1.807) is 0 Å². The molecule has 0 saturated carbocycles. The second-order valence-electron chi connectivity index (χ2n) is 2.32. The Morgan fingerprint density at radius 1 is 1.62 bits per heavy atom. The summed E-state index contributed by atoms with van der Waals surface area (Å²) in [5.41, 5.74) is 4.98. The Labute approximate surface area is 87.1 Å². The van der Waals surface area contributed by atoms with Crippen LogP contribution in [0.15, 0.2) is 6.20 Å². The molecule has 0 unspecified atom stereocenters. The van der Waals surface area contributed by atoms with Gasteiger partial charge in [-0.1, -0.05) is 0 Å². The number of halogens is 3. The number of rotatable bonds is 2. The highest BCUT2D eigenvalue weighted by molar-refractivity contribution is 14.1. The second-order valence-corrected chi connectivity index (χ2v) is 3.49. The minimum atomic E-state index is -2.78. The molecule has 0 fully saturated rings. The van der Waals surface area contributed by atoms with Crippen molar-refractivity contribution in [1.82, 2.24) is 4.98 Å². The molecule has 0 aliphatic heterocycles. The Kier molecular flexibility index (Phi) is 3.37. The zero-order chi connectivity index (χ0) is 10.0. The largest absolute Gasteiger partial charge is 0.505 e. The van der Waals surface area contributed by atoms with Crippen LogP contribution in [0.1, 0.15) is 17.7 Å². The average molecular weight is 300 g/mol. The smallest absolute Gasteiger partial charge is 0.284 e. The first-order chi connectivity index (χ1) is 6.07. The van der Waals surface area contributed by atoms with Crippen LogP contribution in [0.3, 0.4) is 0 Å². The fourth-order valence-electron chi connectivity index (χ4n) is 0.887. The summed E-state index contributed by atoms with van der Waals surface area (Å²) in [6.07, 6.45) is -1.51. The minimum Gasteiger partial charge on any atom is -0.505 e. The molecule has 0 saturated heterocycles. The number of nitrogens with zero attached hydrogens (tertiary/aromatic N) is 1. The third-order valence-electron chi connectivity index (χ3n) is 1.54. The topological polar surface area (TPSA) is 59.1 Å². The van der Waals surface area contributed by atoms with Crippen molar-refractivity contribution in [2.75, 3.05) is 0 Å². The molecule has 0 aromatic carbocycles. The van der Waals surface area contributed by atoms with Crippen LogP contribution in [-0.4, -0.2) is 10.1 Å². The van der Waals surface area contributed by atoms with E-state index >= 15 is 0 Å². The number of aromatic hydroxyl groups is 1. The van der Waals surface area contributed by atoms with Gasteiger partial charge in [-0.3, -0.25) is 4.98 Å². The molecule has 3 N–H and O–H groups in total. The predicted molar refractivity (Wildman–Crippen MR) is 51.5 cm³/mol. The van der Waals surface area contributed by atoms with Crippen molar-refractivity contribution in [1.29, 1.82) is 0 Å². The molecule has 13 heavy (non-hydrogen) atoms. The first-order valence-electron chi connectivity index (χ1n) is 3.42. The Balaban J connectivity index is 3.27. The van der Waals surface area contributed by atoms with Crippen molar-refractivity contribution in [3.8, 4) is 5.75 Å². The molecule has 72 valence electrons. The van der Waals surface area contributed by atoms with Gasteiger partial charge in [-0.2, -0.15) is 0 Å². The summed E-state index contributed by atoms with van der Waals surface area (Å²) >= 11 is 1.88. The lowest BCUT2D eigenvalue weighted by molar-refractivity contribution is 0.141. The molecule has 1 aromatic heterocycles. The summed E-state index contributed by atoms with van der Waals surface area (Å²) in [6.45, 7) is 0.0202. The number of nitrogens with two attached hydrogens (primary N) is 1. The first-order valence-corrected chi connectivity index (χ1v) is 4.50. The average Bonchev–Trinajstić information content (AvgIpc) is 2.04. The fourth-order valence-corrected chi connectivity index (χ4v) is 1.50. The molecule has 1 rings (SSSR count). The highest BCUT2D eigenvalue weighted by atomic mass is 127. The molecule has 0 spiro atoms. The van der Waals surface area contributed by atoms with Gasteiger partial charge in [0.05, 0.1) is 0 Å². The quantitative estimate of drug-likeness (QED) is 0.819. The Morgan fingerprint density at radius 2 is 2.23 bits per heavy atom. The summed E-state index contributed by atoms with van der Waals surface area (Å²) < 4.78 is 25.0. The molecule has 6 heteroatoms. The van der Waals surface area contributed by atoms with Crippen molar-refractivity contribution in [3.05, 3.63) is 21.0 Å². The van der Waals surface area contributed by atoms with Crippen LogP contribution in [0.5, 0.6) is 5.75 Å². The van der Waals surface area contributed by atoms with Crippen LogP contribution >= 0.6 is 22.6 Å². The normalized spacial score (nSPS) is 10.8. The third-order valence-corrected chi connectivity index (χ3v) is 2.47. The molecule has 1 aromatic rings. The summed E-state index contributed by atoms with van der Waals surface area (Å²) in [7, 11) is 0. The zero-order valence-electron chi connectivity index (χ0n) is 6.47. The highest BCUT2D eigenvalue weighted by Crippen LogP contribution is 2.31. The maximum atomic E-state index is 12.2. The van der Waals surface area contributed by atoms with E-state index < -0.39 is 17.9 Å². The number of aromatic nitrogens is 1. The van der Waals surface area contributed by atoms with Gasteiger partial charge in [0.1, 0.15) is 11.4 Å². The third kappa shape index (κ3) is 2.05. The molecule has 0 atom stereocenters. The maximum absolute atomic E-state index is 12.2. The van der Waals surface area contributed by atoms with Gasteiger partial charge in [-0.05, 0) is 22.6 Å². The molecule has 0 aliphatic carbocycles. The molecular formula is C7H7F2IN2O. The zero-order valence-corrected chi connectivity index (χ0v) is 8.62. The standard InChI is InChI=1S/C7H7F2IN2O/c8-7(9)5-6(13)3(1-11)4(10)2-12-5/h2,7,13H,1,11H2. The minimum absolute atomic E-state index is 0.0202. The number of pyridine rings is 1. The van der Waals surface area contributed by atoms with Gasteiger partial charge in [0.2, 0.25) is 0 Å². The van der Waals surface area contributed by atoms with Crippen molar-refractivity contribution in [2.24, 2.45) is 5.73 Å². The molecule has 0 aliphatic rings. The van der Waals surface area contributed by atoms with E-state index in [1.165, 1.54) is 6.20 Å². The Bertz CT molecular complexity index is 320. The maximum Gasteiger partial charge on any atom is 0.284 e. The monoisotopic (exact) mass is 300 g/mol. The molecule has 1 heterocycles. The van der Waals surface area contributed by atoms with E-state index in [0.29, 0.717) is 9.13 Å². The summed E-state index contributed by atoms with van der Waals surface area (Å²) in [5.74, 6) is -0.496. The van der Waals surface area contributed by atoms with E-state index in [1.807, 2.05) is 22.6 Å². The lowest BCUT2D eigenvalue weighted by atomic mass is 10.2. The van der Waals surface area contributed by atoms with E-state index in [2.05, 4.69) is 4.98 Å². The summed E-state index contributed by atoms with van der Waals surface area (Å²) in [5, 5.41) is 9.31. The van der Waals surface area contributed by atoms with Crippen LogP contribution in [0.25, 0.3) is 0 Å². The van der Waals surface area contributed by atoms with E-state index in [-0.39, 0.29) is 6.54 Å². The van der Waals surface area contributed by atoms with E-state index in [0.717, 1.165) is 0 Å². The van der Waals surface area contributed by atoms with E-state index in [9.17, 15) is 13.9 Å². The van der Waals surface area contributed by atoms with Crippen molar-refractivity contribution in [2.45, 2.75) is 13.0 Å². The summed E-state index contributed by atoms with van der Waals surface area (Å²) in [4.78, 5) is 3.42. The SMILES string of the molecule is NCc1c(I)cnc(C(F)F)c1O. The molecule has 0 amide bonds. The van der Waals surface area contributed by atoms with Gasteiger partial charge in [0.25, 0.3) is 6.43 Å².